The molecule has 0 saturated heterocycles. The smallest absolute Gasteiger partial charge is 0.220 e. The van der Waals surface area contributed by atoms with Gasteiger partial charge in [0, 0.05) is 12.5 Å². The summed E-state index contributed by atoms with van der Waals surface area (Å²) >= 11 is 0. The van der Waals surface area contributed by atoms with Crippen LogP contribution in [0.4, 0.5) is 0 Å². The van der Waals surface area contributed by atoms with Crippen LogP contribution in [0, 0.1) is 0 Å². The Labute approximate surface area is 237 Å². The molecule has 0 saturated carbocycles. The zero-order chi connectivity index (χ0) is 27.9. The zero-order valence-corrected chi connectivity index (χ0v) is 25.6. The van der Waals surface area contributed by atoms with Crippen LogP contribution in [0.2, 0.25) is 0 Å². The predicted octanol–water partition coefficient (Wildman–Crippen LogP) is 9.31. The van der Waals surface area contributed by atoms with Crippen molar-refractivity contribution in [2.45, 2.75) is 180 Å². The Hall–Kier alpha value is -1.13. The molecule has 0 fully saturated rings. The first-order chi connectivity index (χ1) is 18.7. The first kappa shape index (κ1) is 36.9. The highest BCUT2D eigenvalue weighted by Gasteiger charge is 2.16. The van der Waals surface area contributed by atoms with Gasteiger partial charge in [-0.05, 0) is 44.9 Å². The number of nitrogens with one attached hydrogen (secondary N) is 1. The standard InChI is InChI=1S/C34H66N2O2/c1-3-5-7-9-11-13-15-17-19-21-23-25-27-29-32(35)33(31-37)36-34(38)30-28-26-24-22-20-18-16-14-12-10-8-6-4-2/h14,16,27,29,32-33,37H,3-13,15,17-26,28,30-31,35H2,1-2H3,(H,36,38)/b16-14+,29-27+/t32-,33+/m1/s1. The molecule has 0 aliphatic carbocycles. The third-order valence-electron chi connectivity index (χ3n) is 7.51. The molecule has 0 rings (SSSR count). The molecule has 0 aromatic heterocycles. The van der Waals surface area contributed by atoms with Crippen LogP contribution in [0.15, 0.2) is 24.3 Å². The van der Waals surface area contributed by atoms with Gasteiger partial charge in [0.05, 0.1) is 12.6 Å². The largest absolute Gasteiger partial charge is 0.394 e. The van der Waals surface area contributed by atoms with E-state index in [4.69, 9.17) is 5.73 Å². The average molecular weight is 535 g/mol. The Morgan fingerprint density at radius 2 is 1.03 bits per heavy atom. The molecule has 0 aromatic rings. The van der Waals surface area contributed by atoms with Gasteiger partial charge in [-0.25, -0.2) is 0 Å². The van der Waals surface area contributed by atoms with Crippen LogP contribution < -0.4 is 11.1 Å². The number of hydrogen-bond acceptors (Lipinski definition) is 3. The maximum Gasteiger partial charge on any atom is 0.220 e. The van der Waals surface area contributed by atoms with E-state index in [1.165, 1.54) is 128 Å². The number of unbranched alkanes of at least 4 members (excludes halogenated alkanes) is 20. The van der Waals surface area contributed by atoms with Crippen molar-refractivity contribution in [1.29, 1.82) is 0 Å². The van der Waals surface area contributed by atoms with Gasteiger partial charge in [-0.3, -0.25) is 4.79 Å². The van der Waals surface area contributed by atoms with Gasteiger partial charge >= 0.3 is 0 Å². The highest BCUT2D eigenvalue weighted by molar-refractivity contribution is 5.76. The van der Waals surface area contributed by atoms with E-state index in [9.17, 15) is 9.90 Å². The summed E-state index contributed by atoms with van der Waals surface area (Å²) < 4.78 is 0. The minimum absolute atomic E-state index is 0.00395. The molecule has 2 atom stereocenters. The van der Waals surface area contributed by atoms with E-state index >= 15 is 0 Å². The number of hydrogen-bond donors (Lipinski definition) is 3. The van der Waals surface area contributed by atoms with Crippen molar-refractivity contribution >= 4 is 5.91 Å². The lowest BCUT2D eigenvalue weighted by Gasteiger charge is -2.20. The quantitative estimate of drug-likeness (QED) is 0.0661. The van der Waals surface area contributed by atoms with Gasteiger partial charge < -0.3 is 16.2 Å². The second-order valence-corrected chi connectivity index (χ2v) is 11.3. The van der Waals surface area contributed by atoms with Crippen LogP contribution in [-0.2, 0) is 4.79 Å². The van der Waals surface area contributed by atoms with E-state index in [0.717, 1.165) is 19.3 Å². The van der Waals surface area contributed by atoms with Crippen molar-refractivity contribution < 1.29 is 9.90 Å². The maximum absolute atomic E-state index is 12.3. The minimum Gasteiger partial charge on any atom is -0.394 e. The average Bonchev–Trinajstić information content (AvgIpc) is 2.92. The van der Waals surface area contributed by atoms with Gasteiger partial charge in [-0.2, -0.15) is 0 Å². The molecule has 0 aliphatic rings. The van der Waals surface area contributed by atoms with Crippen molar-refractivity contribution in [2.24, 2.45) is 5.73 Å². The van der Waals surface area contributed by atoms with Gasteiger partial charge in [-0.1, -0.05) is 141 Å². The molecule has 1 amide bonds. The number of aliphatic hydroxyl groups excluding tert-OH is 1. The lowest BCUT2D eigenvalue weighted by atomic mass is 10.0. The van der Waals surface area contributed by atoms with E-state index in [0.29, 0.717) is 6.42 Å². The summed E-state index contributed by atoms with van der Waals surface area (Å²) in [5.41, 5.74) is 6.22. The molecule has 4 nitrogen and oxygen atoms in total. The molecule has 0 unspecified atom stereocenters. The van der Waals surface area contributed by atoms with Gasteiger partial charge in [0.15, 0.2) is 0 Å². The monoisotopic (exact) mass is 535 g/mol. The molecule has 0 spiro atoms. The zero-order valence-electron chi connectivity index (χ0n) is 25.6. The molecule has 0 aliphatic heterocycles. The number of aliphatic hydroxyl groups is 1. The highest BCUT2D eigenvalue weighted by Crippen LogP contribution is 2.12. The maximum atomic E-state index is 12.3. The molecule has 0 bridgehead atoms. The van der Waals surface area contributed by atoms with Crippen LogP contribution in [-0.4, -0.2) is 29.7 Å². The number of rotatable bonds is 29. The summed E-state index contributed by atoms with van der Waals surface area (Å²) in [7, 11) is 0. The summed E-state index contributed by atoms with van der Waals surface area (Å²) in [6, 6.07) is -0.735. The van der Waals surface area contributed by atoms with Crippen molar-refractivity contribution in [1.82, 2.24) is 5.32 Å². The highest BCUT2D eigenvalue weighted by atomic mass is 16.3. The molecule has 0 radical (unpaired) electrons. The Bertz CT molecular complexity index is 547. The summed E-state index contributed by atoms with van der Waals surface area (Å²) in [4.78, 5) is 12.3. The fourth-order valence-corrected chi connectivity index (χ4v) is 4.86. The van der Waals surface area contributed by atoms with Crippen LogP contribution in [0.1, 0.15) is 168 Å². The van der Waals surface area contributed by atoms with Gasteiger partial charge in [-0.15, -0.1) is 0 Å². The number of carbonyl (C=O) groups excluding carboxylic acids is 1. The second kappa shape index (κ2) is 30.4. The summed E-state index contributed by atoms with van der Waals surface area (Å²) in [5, 5.41) is 12.6. The Kier molecular flexibility index (Phi) is 29.5. The van der Waals surface area contributed by atoms with Crippen molar-refractivity contribution in [3.8, 4) is 0 Å². The molecular formula is C34H66N2O2. The lowest BCUT2D eigenvalue weighted by molar-refractivity contribution is -0.122. The Morgan fingerprint density at radius 3 is 1.50 bits per heavy atom. The Morgan fingerprint density at radius 1 is 0.632 bits per heavy atom. The SMILES string of the molecule is CCCCCC/C=C/CCCCCCCC(=O)N[C@@H](CO)[C@H](N)/C=C/CCCCCCCCCCCCC. The number of allylic oxidation sites excluding steroid dienone is 3. The molecule has 38 heavy (non-hydrogen) atoms. The van der Waals surface area contributed by atoms with E-state index in [2.05, 4.69) is 37.4 Å². The van der Waals surface area contributed by atoms with Crippen molar-refractivity contribution in [3.05, 3.63) is 24.3 Å². The van der Waals surface area contributed by atoms with Gasteiger partial charge in [0.1, 0.15) is 0 Å². The van der Waals surface area contributed by atoms with Crippen LogP contribution in [0.3, 0.4) is 0 Å². The molecule has 0 aromatic carbocycles. The van der Waals surface area contributed by atoms with Crippen LogP contribution in [0.25, 0.3) is 0 Å². The van der Waals surface area contributed by atoms with E-state index in [1.54, 1.807) is 0 Å². The topological polar surface area (TPSA) is 75.3 Å². The Balaban J connectivity index is 3.68. The third-order valence-corrected chi connectivity index (χ3v) is 7.51. The lowest BCUT2D eigenvalue weighted by Crippen LogP contribution is -2.48. The van der Waals surface area contributed by atoms with E-state index < -0.39 is 6.04 Å². The van der Waals surface area contributed by atoms with E-state index in [1.807, 2.05) is 6.08 Å². The fourth-order valence-electron chi connectivity index (χ4n) is 4.86. The number of amides is 1. The molecule has 224 valence electrons. The first-order valence-corrected chi connectivity index (χ1v) is 16.6. The summed E-state index contributed by atoms with van der Waals surface area (Å²) in [5.74, 6) is 0.00395. The molecule has 4 N–H and O–H groups in total. The number of carbonyl (C=O) groups is 1. The summed E-state index contributed by atoms with van der Waals surface area (Å²) in [6.07, 6.45) is 38.5. The molecule has 0 heterocycles. The summed E-state index contributed by atoms with van der Waals surface area (Å²) in [6.45, 7) is 4.40. The van der Waals surface area contributed by atoms with Crippen molar-refractivity contribution in [2.75, 3.05) is 6.61 Å². The van der Waals surface area contributed by atoms with E-state index in [-0.39, 0.29) is 18.6 Å². The molecular weight excluding hydrogens is 468 g/mol. The normalized spacial score (nSPS) is 13.5. The first-order valence-electron chi connectivity index (χ1n) is 16.6. The van der Waals surface area contributed by atoms with Crippen molar-refractivity contribution in [3.63, 3.8) is 0 Å². The third kappa shape index (κ3) is 26.5. The van der Waals surface area contributed by atoms with Gasteiger partial charge in [0.25, 0.3) is 0 Å². The molecule has 4 heteroatoms. The number of nitrogens with two attached hydrogens (primary N) is 1. The van der Waals surface area contributed by atoms with Gasteiger partial charge in [0.2, 0.25) is 5.91 Å². The fraction of sp³-hybridized carbons (Fsp3) is 0.853. The van der Waals surface area contributed by atoms with Crippen LogP contribution >= 0.6 is 0 Å². The van der Waals surface area contributed by atoms with Crippen LogP contribution in [0.5, 0.6) is 0 Å². The second-order valence-electron chi connectivity index (χ2n) is 11.3. The minimum atomic E-state index is -0.398. The predicted molar refractivity (Wildman–Crippen MR) is 167 cm³/mol.